The molecule has 5 aliphatic carbocycles. The fourth-order valence-corrected chi connectivity index (χ4v) is 13.1. The first kappa shape index (κ1) is 29.5. The topological polar surface area (TPSA) is 0 Å². The van der Waals surface area contributed by atoms with Gasteiger partial charge in [-0.1, -0.05) is 102 Å². The van der Waals surface area contributed by atoms with Gasteiger partial charge < -0.3 is 0 Å². The van der Waals surface area contributed by atoms with Crippen molar-refractivity contribution in [2.24, 2.45) is 92.7 Å². The molecule has 0 aliphatic heterocycles. The third-order valence-electron chi connectivity index (χ3n) is 15.8. The molecule has 38 heavy (non-hydrogen) atoms. The van der Waals surface area contributed by atoms with Crippen LogP contribution in [0.5, 0.6) is 0 Å². The number of hydrogen-bond acceptors (Lipinski definition) is 0. The Morgan fingerprint density at radius 3 is 1.79 bits per heavy atom. The van der Waals surface area contributed by atoms with Crippen molar-refractivity contribution in [2.45, 2.75) is 147 Å². The summed E-state index contributed by atoms with van der Waals surface area (Å²) in [6, 6.07) is 0. The Kier molecular flexibility index (Phi) is 7.59. The third-order valence-corrected chi connectivity index (χ3v) is 15.8. The molecule has 0 aromatic carbocycles. The van der Waals surface area contributed by atoms with E-state index in [1.807, 2.05) is 0 Å². The van der Waals surface area contributed by atoms with E-state index in [0.29, 0.717) is 21.7 Å². The normalized spacial score (nSPS) is 50.3. The van der Waals surface area contributed by atoms with Crippen molar-refractivity contribution in [3.05, 3.63) is 0 Å². The van der Waals surface area contributed by atoms with E-state index >= 15 is 0 Å². The van der Waals surface area contributed by atoms with Gasteiger partial charge in [0.25, 0.3) is 0 Å². The summed E-state index contributed by atoms with van der Waals surface area (Å²) < 4.78 is 0. The van der Waals surface area contributed by atoms with E-state index in [2.05, 4.69) is 83.1 Å². The maximum Gasteiger partial charge on any atom is -0.0287 e. The molecule has 5 saturated carbocycles. The zero-order chi connectivity index (χ0) is 28.0. The zero-order valence-corrected chi connectivity index (χ0v) is 28.0. The van der Waals surface area contributed by atoms with Crippen LogP contribution in [0.1, 0.15) is 147 Å². The van der Waals surface area contributed by atoms with E-state index in [4.69, 9.17) is 0 Å². The van der Waals surface area contributed by atoms with Crippen LogP contribution >= 0.6 is 0 Å². The lowest BCUT2D eigenvalue weighted by atomic mass is 9.37. The second kappa shape index (κ2) is 9.79. The first-order valence-corrected chi connectivity index (χ1v) is 17.6. The second-order valence-corrected chi connectivity index (χ2v) is 18.4. The Bertz CT molecular complexity index is 842. The Balaban J connectivity index is 1.19. The average molecular weight is 525 g/mol. The van der Waals surface area contributed by atoms with E-state index in [0.717, 1.165) is 71.0 Å². The minimum atomic E-state index is 0.530. The second-order valence-electron chi connectivity index (χ2n) is 18.4. The van der Waals surface area contributed by atoms with Crippen molar-refractivity contribution in [1.29, 1.82) is 0 Å². The lowest BCUT2D eigenvalue weighted by Crippen LogP contribution is -2.61. The quantitative estimate of drug-likeness (QED) is 0.266. The zero-order valence-electron chi connectivity index (χ0n) is 28.0. The van der Waals surface area contributed by atoms with Crippen LogP contribution in [0.15, 0.2) is 0 Å². The molecule has 0 amide bonds. The Morgan fingerprint density at radius 1 is 0.658 bits per heavy atom. The highest BCUT2D eigenvalue weighted by molar-refractivity contribution is 5.18. The molecule has 0 bridgehead atoms. The van der Waals surface area contributed by atoms with Gasteiger partial charge in [-0.25, -0.2) is 0 Å². The van der Waals surface area contributed by atoms with Gasteiger partial charge in [0.15, 0.2) is 0 Å². The highest BCUT2D eigenvalue weighted by atomic mass is 14.7. The van der Waals surface area contributed by atoms with E-state index in [1.54, 1.807) is 6.42 Å². The smallest absolute Gasteiger partial charge is 0.0287 e. The average Bonchev–Trinajstić information content (AvgIpc) is 3.24. The molecule has 0 heterocycles. The molecule has 0 nitrogen and oxygen atoms in total. The SMILES string of the molecule is CCC(CC)CC1C(C)CC1CC1CC(C)(C2CC(C3CC(C4C(CC)C4(C)C)C3(C)C)C2(C)C)CC1C. The van der Waals surface area contributed by atoms with Crippen molar-refractivity contribution >= 4 is 0 Å². The largest absolute Gasteiger partial charge is 0.0651 e. The molecular formula is C38H68. The van der Waals surface area contributed by atoms with Gasteiger partial charge in [-0.2, -0.15) is 0 Å². The Morgan fingerprint density at radius 2 is 1.29 bits per heavy atom. The summed E-state index contributed by atoms with van der Waals surface area (Å²) in [7, 11) is 0. The van der Waals surface area contributed by atoms with Crippen molar-refractivity contribution in [2.75, 3.05) is 0 Å². The van der Waals surface area contributed by atoms with Gasteiger partial charge in [-0.05, 0) is 138 Å². The summed E-state index contributed by atoms with van der Waals surface area (Å²) >= 11 is 0. The molecule has 12 unspecified atom stereocenters. The Labute approximate surface area is 239 Å². The van der Waals surface area contributed by atoms with Crippen LogP contribution < -0.4 is 0 Å². The first-order valence-electron chi connectivity index (χ1n) is 17.6. The monoisotopic (exact) mass is 525 g/mol. The molecule has 0 aromatic heterocycles. The van der Waals surface area contributed by atoms with Gasteiger partial charge in [-0.3, -0.25) is 0 Å². The molecule has 0 saturated heterocycles. The van der Waals surface area contributed by atoms with Crippen molar-refractivity contribution < 1.29 is 0 Å². The molecule has 5 rings (SSSR count). The minimum absolute atomic E-state index is 0.530. The maximum atomic E-state index is 2.74. The molecule has 0 N–H and O–H groups in total. The van der Waals surface area contributed by atoms with E-state index in [1.165, 1.54) is 57.8 Å². The molecule has 5 aliphatic rings. The van der Waals surface area contributed by atoms with Gasteiger partial charge in [0.05, 0.1) is 0 Å². The van der Waals surface area contributed by atoms with Crippen LogP contribution in [0.25, 0.3) is 0 Å². The van der Waals surface area contributed by atoms with Crippen molar-refractivity contribution in [3.8, 4) is 0 Å². The lowest BCUT2D eigenvalue weighted by Gasteiger charge is -2.68. The summed E-state index contributed by atoms with van der Waals surface area (Å²) in [4.78, 5) is 0. The third kappa shape index (κ3) is 4.41. The summed E-state index contributed by atoms with van der Waals surface area (Å²) in [5, 5.41) is 0. The molecule has 12 atom stereocenters. The minimum Gasteiger partial charge on any atom is -0.0651 e. The molecule has 0 spiro atoms. The number of rotatable bonds is 10. The predicted molar refractivity (Wildman–Crippen MR) is 166 cm³/mol. The molecule has 0 heteroatoms. The molecule has 0 aromatic rings. The van der Waals surface area contributed by atoms with E-state index < -0.39 is 0 Å². The molecule has 220 valence electrons. The van der Waals surface area contributed by atoms with Crippen LogP contribution in [0, 0.1) is 92.7 Å². The van der Waals surface area contributed by atoms with Crippen LogP contribution in [0.4, 0.5) is 0 Å². The van der Waals surface area contributed by atoms with Gasteiger partial charge in [-0.15, -0.1) is 0 Å². The van der Waals surface area contributed by atoms with Crippen LogP contribution in [0.2, 0.25) is 0 Å². The van der Waals surface area contributed by atoms with Crippen molar-refractivity contribution in [1.82, 2.24) is 0 Å². The van der Waals surface area contributed by atoms with Gasteiger partial charge >= 0.3 is 0 Å². The van der Waals surface area contributed by atoms with Crippen LogP contribution in [-0.2, 0) is 0 Å². The molecule has 0 radical (unpaired) electrons. The van der Waals surface area contributed by atoms with E-state index in [9.17, 15) is 0 Å². The fourth-order valence-electron chi connectivity index (χ4n) is 13.1. The summed E-state index contributed by atoms with van der Waals surface area (Å²) in [5.41, 5.74) is 2.27. The van der Waals surface area contributed by atoms with Gasteiger partial charge in [0, 0.05) is 0 Å². The lowest BCUT2D eigenvalue weighted by molar-refractivity contribution is -0.195. The summed E-state index contributed by atoms with van der Waals surface area (Å²) in [5.74, 6) is 11.8. The maximum absolute atomic E-state index is 2.74. The summed E-state index contributed by atoms with van der Waals surface area (Å²) in [6.45, 7) is 31.1. The standard InChI is InChI=1S/C38H68/c1-13-25(14-2)17-28-23(4)16-26(28)18-27-22-38(12,21-24(27)5)33-20-31(36(33,8)9)30-19-32(35(30,6)7)34-29(15-3)37(34,10)11/h23-34H,13-22H2,1-12H3. The molecule has 5 fully saturated rings. The highest BCUT2D eigenvalue weighted by Gasteiger charge is 2.70. The van der Waals surface area contributed by atoms with Gasteiger partial charge in [0.2, 0.25) is 0 Å². The van der Waals surface area contributed by atoms with Crippen molar-refractivity contribution in [3.63, 3.8) is 0 Å². The predicted octanol–water partition coefficient (Wildman–Crippen LogP) is 11.5. The fraction of sp³-hybridized carbons (Fsp3) is 1.00. The van der Waals surface area contributed by atoms with Crippen LogP contribution in [-0.4, -0.2) is 0 Å². The van der Waals surface area contributed by atoms with E-state index in [-0.39, 0.29) is 0 Å². The Hall–Kier alpha value is 0. The number of hydrogen-bond donors (Lipinski definition) is 0. The highest BCUT2D eigenvalue weighted by Crippen LogP contribution is 2.76. The van der Waals surface area contributed by atoms with Crippen LogP contribution in [0.3, 0.4) is 0 Å². The first-order chi connectivity index (χ1) is 17.6. The van der Waals surface area contributed by atoms with Gasteiger partial charge in [0.1, 0.15) is 0 Å². The summed E-state index contributed by atoms with van der Waals surface area (Å²) in [6.07, 6.45) is 14.9. The molecular weight excluding hydrogens is 456 g/mol.